The van der Waals surface area contributed by atoms with Crippen LogP contribution >= 0.6 is 0 Å². The number of aromatic nitrogens is 4. The molecule has 7 heteroatoms. The number of hydrogen-bond donors (Lipinski definition) is 1. The summed E-state index contributed by atoms with van der Waals surface area (Å²) in [6, 6.07) is 21.8. The molecule has 0 atom stereocenters. The van der Waals surface area contributed by atoms with Crippen molar-refractivity contribution >= 4 is 11.6 Å². The zero-order chi connectivity index (χ0) is 21.5. The Morgan fingerprint density at radius 3 is 2.61 bits per heavy atom. The lowest BCUT2D eigenvalue weighted by atomic mass is 10.1. The van der Waals surface area contributed by atoms with E-state index in [0.717, 1.165) is 40.5 Å². The molecule has 2 aromatic carbocycles. The third kappa shape index (κ3) is 5.14. The molecule has 0 aliphatic heterocycles. The van der Waals surface area contributed by atoms with E-state index >= 15 is 0 Å². The molecule has 1 amide bonds. The second-order valence-electron chi connectivity index (χ2n) is 6.99. The van der Waals surface area contributed by atoms with E-state index in [4.69, 9.17) is 9.84 Å². The molecule has 0 bridgehead atoms. The molecule has 0 spiro atoms. The zero-order valence-corrected chi connectivity index (χ0v) is 17.1. The molecule has 2 heterocycles. The molecule has 0 aliphatic carbocycles. The van der Waals surface area contributed by atoms with Crippen molar-refractivity contribution in [2.75, 3.05) is 13.2 Å². The number of nitrogens with zero attached hydrogens (tertiary/aromatic N) is 4. The van der Waals surface area contributed by atoms with E-state index in [-0.39, 0.29) is 5.91 Å². The van der Waals surface area contributed by atoms with E-state index in [1.165, 1.54) is 6.08 Å². The second kappa shape index (κ2) is 9.67. The minimum Gasteiger partial charge on any atom is -0.494 e. The van der Waals surface area contributed by atoms with E-state index in [1.807, 2.05) is 66.7 Å². The molecular weight excluding hydrogens is 390 g/mol. The van der Waals surface area contributed by atoms with Crippen LogP contribution in [0.3, 0.4) is 0 Å². The van der Waals surface area contributed by atoms with E-state index in [9.17, 15) is 4.79 Å². The minimum atomic E-state index is -0.171. The maximum atomic E-state index is 11.1. The van der Waals surface area contributed by atoms with E-state index < -0.39 is 0 Å². The standard InChI is InChI=1S/C24H23N5O2/c1-2-24(30)25-15-6-16-31-20-11-9-18(10-12-20)17-23-27-26-22-14-13-21(28-29(22)23)19-7-4-3-5-8-19/h2-5,7-14H,1,6,15-17H2,(H,25,30). The average Bonchev–Trinajstić information content (AvgIpc) is 3.22. The van der Waals surface area contributed by atoms with Crippen molar-refractivity contribution < 1.29 is 9.53 Å². The number of rotatable bonds is 9. The van der Waals surface area contributed by atoms with Gasteiger partial charge in [0.25, 0.3) is 0 Å². The fraction of sp³-hybridized carbons (Fsp3) is 0.167. The fourth-order valence-corrected chi connectivity index (χ4v) is 3.14. The van der Waals surface area contributed by atoms with Crippen LogP contribution in [0.2, 0.25) is 0 Å². The van der Waals surface area contributed by atoms with Gasteiger partial charge >= 0.3 is 0 Å². The Morgan fingerprint density at radius 2 is 1.84 bits per heavy atom. The van der Waals surface area contributed by atoms with Gasteiger partial charge in [0.05, 0.1) is 12.3 Å². The van der Waals surface area contributed by atoms with Crippen molar-refractivity contribution in [3.8, 4) is 17.0 Å². The van der Waals surface area contributed by atoms with Gasteiger partial charge in [-0.25, -0.2) is 0 Å². The SMILES string of the molecule is C=CC(=O)NCCCOc1ccc(Cc2nnc3ccc(-c4ccccc4)nn23)cc1. The van der Waals surface area contributed by atoms with Crippen LogP contribution in [-0.4, -0.2) is 38.9 Å². The van der Waals surface area contributed by atoms with Crippen LogP contribution in [0.15, 0.2) is 79.4 Å². The zero-order valence-electron chi connectivity index (χ0n) is 17.1. The number of hydrogen-bond acceptors (Lipinski definition) is 5. The van der Waals surface area contributed by atoms with Crippen molar-refractivity contribution in [1.82, 2.24) is 25.1 Å². The Bertz CT molecular complexity index is 1170. The summed E-state index contributed by atoms with van der Waals surface area (Å²) in [4.78, 5) is 11.1. The van der Waals surface area contributed by atoms with Crippen molar-refractivity contribution in [2.45, 2.75) is 12.8 Å². The Morgan fingerprint density at radius 1 is 1.03 bits per heavy atom. The third-order valence-electron chi connectivity index (χ3n) is 4.76. The van der Waals surface area contributed by atoms with E-state index in [0.29, 0.717) is 19.6 Å². The predicted octanol–water partition coefficient (Wildman–Crippen LogP) is 3.45. The van der Waals surface area contributed by atoms with Gasteiger partial charge in [0, 0.05) is 18.5 Å². The van der Waals surface area contributed by atoms with Gasteiger partial charge in [0.15, 0.2) is 11.5 Å². The molecule has 0 fully saturated rings. The first kappa shape index (κ1) is 20.3. The van der Waals surface area contributed by atoms with Gasteiger partial charge in [-0.3, -0.25) is 4.79 Å². The molecule has 0 unspecified atom stereocenters. The quantitative estimate of drug-likeness (QED) is 0.336. The molecule has 0 saturated heterocycles. The van der Waals surface area contributed by atoms with Crippen LogP contribution in [0.4, 0.5) is 0 Å². The topological polar surface area (TPSA) is 81.4 Å². The average molecular weight is 413 g/mol. The molecule has 156 valence electrons. The summed E-state index contributed by atoms with van der Waals surface area (Å²) in [6.45, 7) is 4.50. The molecule has 7 nitrogen and oxygen atoms in total. The number of carbonyl (C=O) groups is 1. The van der Waals surface area contributed by atoms with Gasteiger partial charge in [0.1, 0.15) is 5.75 Å². The van der Waals surface area contributed by atoms with Crippen molar-refractivity contribution in [2.24, 2.45) is 0 Å². The highest BCUT2D eigenvalue weighted by molar-refractivity contribution is 5.86. The van der Waals surface area contributed by atoms with Gasteiger partial charge in [-0.2, -0.15) is 9.61 Å². The maximum absolute atomic E-state index is 11.1. The van der Waals surface area contributed by atoms with Gasteiger partial charge < -0.3 is 10.1 Å². The third-order valence-corrected chi connectivity index (χ3v) is 4.76. The summed E-state index contributed by atoms with van der Waals surface area (Å²) in [5.74, 6) is 1.39. The summed E-state index contributed by atoms with van der Waals surface area (Å²) < 4.78 is 7.52. The molecule has 0 radical (unpaired) electrons. The number of carbonyl (C=O) groups excluding carboxylic acids is 1. The first-order valence-corrected chi connectivity index (χ1v) is 10.1. The summed E-state index contributed by atoms with van der Waals surface area (Å²) in [5, 5.41) is 16.0. The summed E-state index contributed by atoms with van der Waals surface area (Å²) in [6.07, 6.45) is 2.60. The first-order chi connectivity index (χ1) is 15.2. The van der Waals surface area contributed by atoms with Crippen LogP contribution in [0.25, 0.3) is 16.9 Å². The summed E-state index contributed by atoms with van der Waals surface area (Å²) in [5.41, 5.74) is 3.74. The Hall–Kier alpha value is -4.00. The molecule has 0 saturated carbocycles. The van der Waals surface area contributed by atoms with E-state index in [1.54, 1.807) is 4.52 Å². The van der Waals surface area contributed by atoms with E-state index in [2.05, 4.69) is 22.1 Å². The smallest absolute Gasteiger partial charge is 0.243 e. The van der Waals surface area contributed by atoms with Gasteiger partial charge in [-0.1, -0.05) is 49.0 Å². The Balaban J connectivity index is 1.39. The molecule has 4 rings (SSSR count). The number of ether oxygens (including phenoxy) is 1. The minimum absolute atomic E-state index is 0.171. The van der Waals surface area contributed by atoms with Crippen LogP contribution in [0, 0.1) is 0 Å². The first-order valence-electron chi connectivity index (χ1n) is 10.1. The normalized spacial score (nSPS) is 10.7. The maximum Gasteiger partial charge on any atom is 0.243 e. The second-order valence-corrected chi connectivity index (χ2v) is 6.99. The monoisotopic (exact) mass is 413 g/mol. The molecule has 4 aromatic rings. The Labute approximate surface area is 180 Å². The highest BCUT2D eigenvalue weighted by Crippen LogP contribution is 2.18. The van der Waals surface area contributed by atoms with Crippen LogP contribution in [0.1, 0.15) is 17.8 Å². The van der Waals surface area contributed by atoms with Crippen molar-refractivity contribution in [3.63, 3.8) is 0 Å². The molecule has 0 aliphatic rings. The van der Waals surface area contributed by atoms with Crippen molar-refractivity contribution in [3.05, 3.63) is 90.8 Å². The van der Waals surface area contributed by atoms with Crippen molar-refractivity contribution in [1.29, 1.82) is 0 Å². The number of nitrogens with one attached hydrogen (secondary N) is 1. The highest BCUT2D eigenvalue weighted by atomic mass is 16.5. The molecular formula is C24H23N5O2. The molecule has 2 aromatic heterocycles. The number of amides is 1. The van der Waals surface area contributed by atoms with Crippen LogP contribution in [-0.2, 0) is 11.2 Å². The predicted molar refractivity (Wildman–Crippen MR) is 119 cm³/mol. The summed E-state index contributed by atoms with van der Waals surface area (Å²) in [7, 11) is 0. The van der Waals surface area contributed by atoms with Crippen LogP contribution < -0.4 is 10.1 Å². The van der Waals surface area contributed by atoms with Gasteiger partial charge in [0.2, 0.25) is 5.91 Å². The Kier molecular flexibility index (Phi) is 6.32. The largest absolute Gasteiger partial charge is 0.494 e. The lowest BCUT2D eigenvalue weighted by molar-refractivity contribution is -0.116. The van der Waals surface area contributed by atoms with Gasteiger partial charge in [-0.15, -0.1) is 10.2 Å². The molecule has 31 heavy (non-hydrogen) atoms. The van der Waals surface area contributed by atoms with Gasteiger partial charge in [-0.05, 0) is 42.3 Å². The lowest BCUT2D eigenvalue weighted by Crippen LogP contribution is -2.23. The fourth-order valence-electron chi connectivity index (χ4n) is 3.14. The highest BCUT2D eigenvalue weighted by Gasteiger charge is 2.10. The number of benzene rings is 2. The van der Waals surface area contributed by atoms with Crippen LogP contribution in [0.5, 0.6) is 5.75 Å². The lowest BCUT2D eigenvalue weighted by Gasteiger charge is -2.07. The summed E-state index contributed by atoms with van der Waals surface area (Å²) >= 11 is 0. The number of fused-ring (bicyclic) bond motifs is 1. The molecule has 1 N–H and O–H groups in total.